The van der Waals surface area contributed by atoms with Gasteiger partial charge in [-0.1, -0.05) is 12.1 Å². The number of carbonyl (C=O) groups excluding carboxylic acids is 1. The number of amides is 2. The van der Waals surface area contributed by atoms with Crippen molar-refractivity contribution < 1.29 is 18.5 Å². The van der Waals surface area contributed by atoms with E-state index in [-0.39, 0.29) is 12.1 Å². The largest absolute Gasteiger partial charge is 0.489 e. The molecule has 0 aliphatic carbocycles. The fourth-order valence-electron chi connectivity index (χ4n) is 2.29. The van der Waals surface area contributed by atoms with Gasteiger partial charge in [-0.3, -0.25) is 4.21 Å². The molecule has 0 aromatic heterocycles. The molecular weight excluding hydrogens is 316 g/mol. The van der Waals surface area contributed by atoms with Gasteiger partial charge in [0.25, 0.3) is 0 Å². The summed E-state index contributed by atoms with van der Waals surface area (Å²) in [5.74, 6) is 1.06. The van der Waals surface area contributed by atoms with Crippen molar-refractivity contribution in [2.75, 3.05) is 37.1 Å². The number of hydrogen-bond acceptors (Lipinski definition) is 4. The number of anilines is 1. The van der Waals surface area contributed by atoms with Crippen LogP contribution in [0.4, 0.5) is 10.5 Å². The van der Waals surface area contributed by atoms with Crippen LogP contribution in [0.15, 0.2) is 24.3 Å². The molecular formula is C16H24N2O4S. The molecule has 6 nitrogen and oxygen atoms in total. The second-order valence-corrected chi connectivity index (χ2v) is 7.01. The van der Waals surface area contributed by atoms with Gasteiger partial charge in [0.05, 0.1) is 11.8 Å². The number of nitrogens with one attached hydrogen (secondary N) is 2. The Morgan fingerprint density at radius 1 is 1.39 bits per heavy atom. The molecule has 2 N–H and O–H groups in total. The van der Waals surface area contributed by atoms with Gasteiger partial charge in [0.15, 0.2) is 0 Å². The average Bonchev–Trinajstić information content (AvgIpc) is 2.54. The number of para-hydroxylation sites is 2. The Hall–Kier alpha value is -1.60. The fourth-order valence-corrected chi connectivity index (χ4v) is 2.68. The summed E-state index contributed by atoms with van der Waals surface area (Å²) in [5.41, 5.74) is 0.610. The highest BCUT2D eigenvalue weighted by Crippen LogP contribution is 2.24. The number of rotatable bonds is 7. The zero-order valence-electron chi connectivity index (χ0n) is 13.4. The molecule has 1 heterocycles. The van der Waals surface area contributed by atoms with Crippen LogP contribution >= 0.6 is 0 Å². The molecule has 0 saturated carbocycles. The van der Waals surface area contributed by atoms with Crippen LogP contribution in [0.5, 0.6) is 5.75 Å². The van der Waals surface area contributed by atoms with Crippen molar-refractivity contribution in [2.24, 2.45) is 0 Å². The molecule has 0 bridgehead atoms. The summed E-state index contributed by atoms with van der Waals surface area (Å²) in [4.78, 5) is 11.9. The van der Waals surface area contributed by atoms with Crippen molar-refractivity contribution in [3.63, 3.8) is 0 Å². The van der Waals surface area contributed by atoms with Crippen molar-refractivity contribution in [2.45, 2.75) is 25.4 Å². The zero-order chi connectivity index (χ0) is 16.5. The van der Waals surface area contributed by atoms with E-state index in [0.29, 0.717) is 30.3 Å². The monoisotopic (exact) mass is 340 g/mol. The number of carbonyl (C=O) groups is 1. The topological polar surface area (TPSA) is 76.7 Å². The Morgan fingerprint density at radius 2 is 2.22 bits per heavy atom. The molecule has 2 rings (SSSR count). The van der Waals surface area contributed by atoms with Gasteiger partial charge in [-0.15, -0.1) is 0 Å². The first-order valence-corrected chi connectivity index (χ1v) is 9.56. The van der Waals surface area contributed by atoms with Gasteiger partial charge in [0, 0.05) is 36.0 Å². The lowest BCUT2D eigenvalue weighted by molar-refractivity contribution is -0.0109. The standard InChI is InChI=1S/C16H24N2O4S/c1-23(20)11-9-17-16(19)18-14-7-2-3-8-15(14)22-12-13-6-4-5-10-21-13/h2-3,7-8,13H,4-6,9-12H2,1H3,(H2,17,18,19). The Kier molecular flexibility index (Phi) is 7.35. The normalized spacial score (nSPS) is 18.9. The molecule has 1 fully saturated rings. The maximum atomic E-state index is 11.9. The molecule has 1 aliphatic rings. The van der Waals surface area contributed by atoms with Crippen molar-refractivity contribution in [1.29, 1.82) is 0 Å². The fraction of sp³-hybridized carbons (Fsp3) is 0.562. The van der Waals surface area contributed by atoms with E-state index in [4.69, 9.17) is 9.47 Å². The molecule has 23 heavy (non-hydrogen) atoms. The highest BCUT2D eigenvalue weighted by Gasteiger charge is 2.15. The van der Waals surface area contributed by atoms with Gasteiger partial charge in [-0.05, 0) is 31.4 Å². The lowest BCUT2D eigenvalue weighted by atomic mass is 10.1. The van der Waals surface area contributed by atoms with Crippen LogP contribution in [0.3, 0.4) is 0 Å². The average molecular weight is 340 g/mol. The predicted molar refractivity (Wildman–Crippen MR) is 91.5 cm³/mol. The number of benzene rings is 1. The van der Waals surface area contributed by atoms with E-state index in [1.165, 1.54) is 0 Å². The van der Waals surface area contributed by atoms with Crippen molar-refractivity contribution >= 4 is 22.5 Å². The highest BCUT2D eigenvalue weighted by atomic mass is 32.2. The summed E-state index contributed by atoms with van der Waals surface area (Å²) in [6.07, 6.45) is 5.00. The minimum atomic E-state index is -0.920. The minimum Gasteiger partial charge on any atom is -0.489 e. The highest BCUT2D eigenvalue weighted by molar-refractivity contribution is 7.84. The lowest BCUT2D eigenvalue weighted by Gasteiger charge is -2.23. The summed E-state index contributed by atoms with van der Waals surface area (Å²) < 4.78 is 22.4. The first kappa shape index (κ1) is 17.7. The predicted octanol–water partition coefficient (Wildman–Crippen LogP) is 2.13. The minimum absolute atomic E-state index is 0.116. The first-order chi connectivity index (χ1) is 11.1. The third-order valence-corrected chi connectivity index (χ3v) is 4.29. The lowest BCUT2D eigenvalue weighted by Crippen LogP contribution is -2.32. The SMILES string of the molecule is CS(=O)CCNC(=O)Nc1ccccc1OCC1CCCCO1. The Balaban J connectivity index is 1.83. The quantitative estimate of drug-likeness (QED) is 0.797. The Bertz CT molecular complexity index is 533. The molecule has 0 radical (unpaired) electrons. The summed E-state index contributed by atoms with van der Waals surface area (Å²) in [7, 11) is -0.920. The Labute approximate surface area is 139 Å². The van der Waals surface area contributed by atoms with Gasteiger partial charge < -0.3 is 20.1 Å². The van der Waals surface area contributed by atoms with E-state index >= 15 is 0 Å². The van der Waals surface area contributed by atoms with Crippen molar-refractivity contribution in [3.05, 3.63) is 24.3 Å². The van der Waals surface area contributed by atoms with E-state index in [1.807, 2.05) is 18.2 Å². The van der Waals surface area contributed by atoms with Crippen LogP contribution in [-0.2, 0) is 15.5 Å². The van der Waals surface area contributed by atoms with Gasteiger partial charge in [-0.25, -0.2) is 4.79 Å². The van der Waals surface area contributed by atoms with E-state index in [1.54, 1.807) is 12.3 Å². The Morgan fingerprint density at radius 3 is 2.96 bits per heavy atom. The maximum Gasteiger partial charge on any atom is 0.319 e. The molecule has 7 heteroatoms. The van der Waals surface area contributed by atoms with Crippen LogP contribution < -0.4 is 15.4 Å². The second kappa shape index (κ2) is 9.52. The van der Waals surface area contributed by atoms with E-state index in [9.17, 15) is 9.00 Å². The second-order valence-electron chi connectivity index (χ2n) is 5.45. The van der Waals surface area contributed by atoms with Crippen molar-refractivity contribution in [1.82, 2.24) is 5.32 Å². The summed E-state index contributed by atoms with van der Waals surface area (Å²) in [5, 5.41) is 5.43. The zero-order valence-corrected chi connectivity index (χ0v) is 14.2. The van der Waals surface area contributed by atoms with Gasteiger partial charge in [-0.2, -0.15) is 0 Å². The number of urea groups is 1. The molecule has 0 spiro atoms. The van der Waals surface area contributed by atoms with E-state index < -0.39 is 10.8 Å². The number of hydrogen-bond donors (Lipinski definition) is 2. The van der Waals surface area contributed by atoms with Gasteiger partial charge in [0.1, 0.15) is 12.4 Å². The number of ether oxygens (including phenoxy) is 2. The third kappa shape index (κ3) is 6.58. The van der Waals surface area contributed by atoms with Crippen LogP contribution in [-0.4, -0.2) is 48.1 Å². The van der Waals surface area contributed by atoms with Crippen LogP contribution in [0.1, 0.15) is 19.3 Å². The van der Waals surface area contributed by atoms with Gasteiger partial charge >= 0.3 is 6.03 Å². The summed E-state index contributed by atoms with van der Waals surface area (Å²) in [6, 6.07) is 6.97. The first-order valence-electron chi connectivity index (χ1n) is 7.83. The summed E-state index contributed by atoms with van der Waals surface area (Å²) in [6.45, 7) is 1.64. The third-order valence-electron chi connectivity index (χ3n) is 3.51. The van der Waals surface area contributed by atoms with E-state index in [0.717, 1.165) is 25.9 Å². The molecule has 1 saturated heterocycles. The molecule has 128 valence electrons. The van der Waals surface area contributed by atoms with Crippen molar-refractivity contribution in [3.8, 4) is 5.75 Å². The molecule has 2 unspecified atom stereocenters. The van der Waals surface area contributed by atoms with Gasteiger partial charge in [0.2, 0.25) is 0 Å². The molecule has 1 aliphatic heterocycles. The van der Waals surface area contributed by atoms with Crippen LogP contribution in [0.25, 0.3) is 0 Å². The molecule has 2 atom stereocenters. The van der Waals surface area contributed by atoms with Crippen LogP contribution in [0, 0.1) is 0 Å². The smallest absolute Gasteiger partial charge is 0.319 e. The summed E-state index contributed by atoms with van der Waals surface area (Å²) >= 11 is 0. The molecule has 2 amide bonds. The molecule has 1 aromatic rings. The van der Waals surface area contributed by atoms with Crippen LogP contribution in [0.2, 0.25) is 0 Å². The maximum absolute atomic E-state index is 11.9. The van der Waals surface area contributed by atoms with E-state index in [2.05, 4.69) is 10.6 Å². The molecule has 1 aromatic carbocycles.